The molecule has 0 atom stereocenters. The van der Waals surface area contributed by atoms with E-state index in [-0.39, 0.29) is 5.92 Å². The Morgan fingerprint density at radius 1 is 1.09 bits per heavy atom. The second-order valence-electron chi connectivity index (χ2n) is 5.77. The van der Waals surface area contributed by atoms with Crippen LogP contribution in [0.15, 0.2) is 48.8 Å². The zero-order valence-corrected chi connectivity index (χ0v) is 13.8. The van der Waals surface area contributed by atoms with Gasteiger partial charge < -0.3 is 10.8 Å². The molecule has 2 aromatic rings. The predicted molar refractivity (Wildman–Crippen MR) is 96.3 cm³/mol. The molecule has 1 heterocycles. The fourth-order valence-corrected chi connectivity index (χ4v) is 1.81. The first-order valence-corrected chi connectivity index (χ1v) is 7.55. The summed E-state index contributed by atoms with van der Waals surface area (Å²) in [5, 5.41) is 16.4. The van der Waals surface area contributed by atoms with Crippen molar-refractivity contribution in [3.05, 3.63) is 54.4 Å². The third-order valence-corrected chi connectivity index (χ3v) is 3.33. The maximum absolute atomic E-state index is 7.26. The van der Waals surface area contributed by atoms with Crippen LogP contribution < -0.4 is 0 Å². The van der Waals surface area contributed by atoms with E-state index >= 15 is 0 Å². The van der Waals surface area contributed by atoms with Gasteiger partial charge >= 0.3 is 0 Å². The maximum Gasteiger partial charge on any atom is 0.0346 e. The Morgan fingerprint density at radius 3 is 2.41 bits per heavy atom. The predicted octanol–water partition coefficient (Wildman–Crippen LogP) is 5.23. The van der Waals surface area contributed by atoms with Crippen molar-refractivity contribution < 1.29 is 0 Å². The minimum Gasteiger partial charge on any atom is -0.309 e. The molecule has 0 saturated heterocycles. The molecule has 0 amide bonds. The first-order chi connectivity index (χ1) is 10.5. The molecule has 0 spiro atoms. The van der Waals surface area contributed by atoms with Crippen LogP contribution in [0.2, 0.25) is 0 Å². The van der Waals surface area contributed by atoms with E-state index in [9.17, 15) is 0 Å². The average molecular weight is 295 g/mol. The van der Waals surface area contributed by atoms with E-state index in [2.05, 4.69) is 43.1 Å². The van der Waals surface area contributed by atoms with E-state index < -0.39 is 0 Å². The van der Waals surface area contributed by atoms with Gasteiger partial charge in [0.25, 0.3) is 0 Å². The summed E-state index contributed by atoms with van der Waals surface area (Å²) in [6, 6.07) is 8.61. The van der Waals surface area contributed by atoms with Crippen molar-refractivity contribution >= 4 is 22.7 Å². The van der Waals surface area contributed by atoms with Gasteiger partial charge in [-0.1, -0.05) is 45.9 Å². The van der Waals surface area contributed by atoms with Crippen molar-refractivity contribution in [3.63, 3.8) is 0 Å². The average Bonchev–Trinajstić information content (AvgIpc) is 2.52. The zero-order valence-electron chi connectivity index (χ0n) is 13.8. The van der Waals surface area contributed by atoms with E-state index in [1.807, 2.05) is 26.2 Å². The summed E-state index contributed by atoms with van der Waals surface area (Å²) in [5.74, 6) is 0.860. The van der Waals surface area contributed by atoms with Crippen LogP contribution in [0.25, 0.3) is 10.8 Å². The lowest BCUT2D eigenvalue weighted by Gasteiger charge is -2.05. The molecule has 0 aliphatic carbocycles. The molecule has 1 aromatic heterocycles. The molecule has 1 aromatic carbocycles. The van der Waals surface area contributed by atoms with Gasteiger partial charge in [0.1, 0.15) is 0 Å². The Bertz CT molecular complexity index is 655. The molecule has 22 heavy (non-hydrogen) atoms. The smallest absolute Gasteiger partial charge is 0.0346 e. The fraction of sp³-hybridized carbons (Fsp3) is 0.316. The van der Waals surface area contributed by atoms with Crippen molar-refractivity contribution in [3.8, 4) is 0 Å². The summed E-state index contributed by atoms with van der Waals surface area (Å²) in [6.45, 7) is 8.33. The molecule has 3 nitrogen and oxygen atoms in total. The van der Waals surface area contributed by atoms with Gasteiger partial charge in [-0.25, -0.2) is 0 Å². The minimum absolute atomic E-state index is 0.265. The van der Waals surface area contributed by atoms with Crippen LogP contribution >= 0.6 is 0 Å². The van der Waals surface area contributed by atoms with Crippen LogP contribution in [0, 0.1) is 16.7 Å². The molecule has 116 valence electrons. The van der Waals surface area contributed by atoms with Crippen LogP contribution in [-0.4, -0.2) is 16.9 Å². The summed E-state index contributed by atoms with van der Waals surface area (Å²) >= 11 is 0. The van der Waals surface area contributed by atoms with Gasteiger partial charge in [0.15, 0.2) is 0 Å². The van der Waals surface area contributed by atoms with Gasteiger partial charge in [-0.2, -0.15) is 0 Å². The van der Waals surface area contributed by atoms with E-state index in [1.54, 1.807) is 12.2 Å². The van der Waals surface area contributed by atoms with Crippen molar-refractivity contribution in [1.29, 1.82) is 10.8 Å². The minimum atomic E-state index is 0.265. The molecule has 3 heteroatoms. The number of allylic oxidation sites excluding steroid dienone is 2. The van der Waals surface area contributed by atoms with Gasteiger partial charge in [0.2, 0.25) is 0 Å². The molecule has 0 aliphatic heterocycles. The Kier molecular flexibility index (Phi) is 7.17. The lowest BCUT2D eigenvalue weighted by molar-refractivity contribution is 0.869. The first-order valence-electron chi connectivity index (χ1n) is 7.55. The highest BCUT2D eigenvalue weighted by atomic mass is 14.6. The molecule has 0 unspecified atom stereocenters. The molecule has 0 aliphatic rings. The largest absolute Gasteiger partial charge is 0.309 e. The van der Waals surface area contributed by atoms with Crippen LogP contribution in [0.1, 0.15) is 39.2 Å². The third kappa shape index (κ3) is 5.60. The molecular weight excluding hydrogens is 270 g/mol. The highest BCUT2D eigenvalue weighted by Gasteiger charge is 1.99. The van der Waals surface area contributed by atoms with E-state index in [0.717, 1.165) is 0 Å². The number of pyridine rings is 1. The number of aromatic nitrogens is 1. The number of rotatable bonds is 4. The summed E-state index contributed by atoms with van der Waals surface area (Å²) in [7, 11) is 0. The van der Waals surface area contributed by atoms with Crippen LogP contribution in [0.3, 0.4) is 0 Å². The molecule has 0 bridgehead atoms. The van der Waals surface area contributed by atoms with Crippen molar-refractivity contribution in [2.75, 3.05) is 0 Å². The lowest BCUT2D eigenvalue weighted by Crippen LogP contribution is -2.00. The van der Waals surface area contributed by atoms with Crippen molar-refractivity contribution in [2.45, 2.75) is 33.6 Å². The zero-order chi connectivity index (χ0) is 16.5. The number of hydrogen-bond donors (Lipinski definition) is 2. The molecule has 0 saturated carbocycles. The van der Waals surface area contributed by atoms with Crippen LogP contribution in [0.5, 0.6) is 0 Å². The topological polar surface area (TPSA) is 60.6 Å². The fourth-order valence-electron chi connectivity index (χ4n) is 1.81. The van der Waals surface area contributed by atoms with Gasteiger partial charge in [0.05, 0.1) is 0 Å². The second kappa shape index (κ2) is 8.88. The first kappa shape index (κ1) is 17.8. The van der Waals surface area contributed by atoms with Gasteiger partial charge in [-0.05, 0) is 41.0 Å². The number of fused-ring (bicyclic) bond motifs is 1. The summed E-state index contributed by atoms with van der Waals surface area (Å²) in [4.78, 5) is 4.09. The lowest BCUT2D eigenvalue weighted by atomic mass is 10.0. The summed E-state index contributed by atoms with van der Waals surface area (Å²) < 4.78 is 0. The van der Waals surface area contributed by atoms with Crippen molar-refractivity contribution in [1.82, 2.24) is 4.98 Å². The molecule has 2 N–H and O–H groups in total. The Balaban J connectivity index is 0.000000239. The van der Waals surface area contributed by atoms with Crippen molar-refractivity contribution in [2.24, 2.45) is 5.92 Å². The number of benzene rings is 1. The quantitative estimate of drug-likeness (QED) is 0.746. The van der Waals surface area contributed by atoms with Gasteiger partial charge in [-0.15, -0.1) is 0 Å². The molecular formula is C19H25N3. The molecule has 0 fully saturated rings. The van der Waals surface area contributed by atoms with Crippen LogP contribution in [-0.2, 0) is 0 Å². The summed E-state index contributed by atoms with van der Waals surface area (Å²) in [5.41, 5.74) is 1.96. The standard InChI is InChI=1S/C12H13N.C7H12N2/c1-9(2)10-3-4-12-8-13-6-5-11(12)7-10;1-6(2)7(9)4-3-5-8/h3-9H,1-2H3;3-6,8-9H,1-2H3/b;4-3-,8-5?,9-7?. The SMILES string of the molecule is CC(C)C(=N)/C=C\C=N.CC(C)c1ccc2cnccc2c1. The van der Waals surface area contributed by atoms with E-state index in [4.69, 9.17) is 10.8 Å². The van der Waals surface area contributed by atoms with Crippen LogP contribution in [0.4, 0.5) is 0 Å². The van der Waals surface area contributed by atoms with Gasteiger partial charge in [-0.3, -0.25) is 4.98 Å². The monoisotopic (exact) mass is 295 g/mol. The maximum atomic E-state index is 7.26. The highest BCUT2D eigenvalue weighted by Crippen LogP contribution is 2.20. The molecule has 2 rings (SSSR count). The van der Waals surface area contributed by atoms with E-state index in [1.165, 1.54) is 22.6 Å². The number of nitrogens with zero attached hydrogens (tertiary/aromatic N) is 1. The Labute approximate surface area is 133 Å². The molecule has 0 radical (unpaired) electrons. The van der Waals surface area contributed by atoms with Gasteiger partial charge in [0, 0.05) is 29.7 Å². The highest BCUT2D eigenvalue weighted by molar-refractivity contribution is 5.96. The third-order valence-electron chi connectivity index (χ3n) is 3.33. The number of hydrogen-bond acceptors (Lipinski definition) is 3. The normalized spacial score (nSPS) is 10.8. The second-order valence-corrected chi connectivity index (χ2v) is 5.77. The van der Waals surface area contributed by atoms with E-state index in [0.29, 0.717) is 11.6 Å². The summed E-state index contributed by atoms with van der Waals surface area (Å²) in [6.07, 6.45) is 8.11. The Morgan fingerprint density at radius 2 is 1.82 bits per heavy atom. The number of nitrogens with one attached hydrogen (secondary N) is 2. The Hall–Kier alpha value is -2.29.